The van der Waals surface area contributed by atoms with Crippen LogP contribution in [0.5, 0.6) is 0 Å². The first-order valence-electron chi connectivity index (χ1n) is 9.83. The van der Waals surface area contributed by atoms with Gasteiger partial charge in [0, 0.05) is 31.6 Å². The number of nitrogens with one attached hydrogen (secondary N) is 2. The van der Waals surface area contributed by atoms with E-state index in [0.29, 0.717) is 0 Å². The molecule has 0 aliphatic carbocycles. The summed E-state index contributed by atoms with van der Waals surface area (Å²) in [7, 11) is 1.84. The molecule has 1 aliphatic heterocycles. The minimum atomic E-state index is 0. The van der Waals surface area contributed by atoms with Crippen molar-refractivity contribution in [3.63, 3.8) is 0 Å². The summed E-state index contributed by atoms with van der Waals surface area (Å²) in [5.41, 5.74) is 1.26. The average Bonchev–Trinajstić information content (AvgIpc) is 2.71. The Morgan fingerprint density at radius 2 is 1.89 bits per heavy atom. The number of hydrogen-bond donors (Lipinski definition) is 2. The second-order valence-corrected chi connectivity index (χ2v) is 8.86. The number of benzene rings is 2. The fourth-order valence-electron chi connectivity index (χ4n) is 3.63. The number of guanidine groups is 1. The van der Waals surface area contributed by atoms with E-state index in [1.807, 2.05) is 18.8 Å². The average molecular weight is 513 g/mol. The van der Waals surface area contributed by atoms with E-state index < -0.39 is 0 Å². The first-order chi connectivity index (χ1) is 13.2. The second-order valence-electron chi connectivity index (χ2n) is 7.13. The van der Waals surface area contributed by atoms with Crippen LogP contribution >= 0.6 is 35.7 Å². The van der Waals surface area contributed by atoms with Crippen LogP contribution in [-0.2, 0) is 4.74 Å². The quantitative estimate of drug-likeness (QED) is 0.325. The van der Waals surface area contributed by atoms with Crippen LogP contribution in [0.1, 0.15) is 38.3 Å². The lowest BCUT2D eigenvalue weighted by Gasteiger charge is -2.37. The SMILES string of the molecule is CCSC1(CNC(=NC)NC(C)c2ccc3ccccc3c2)CCOCC1.I. The Morgan fingerprint density at radius 1 is 1.18 bits per heavy atom. The highest BCUT2D eigenvalue weighted by Gasteiger charge is 2.32. The third kappa shape index (κ3) is 6.00. The van der Waals surface area contributed by atoms with Crippen molar-refractivity contribution in [3.05, 3.63) is 48.0 Å². The molecule has 1 aliphatic rings. The summed E-state index contributed by atoms with van der Waals surface area (Å²) >= 11 is 2.04. The number of rotatable bonds is 6. The van der Waals surface area contributed by atoms with Gasteiger partial charge in [-0.3, -0.25) is 4.99 Å². The van der Waals surface area contributed by atoms with Crippen LogP contribution in [0.25, 0.3) is 10.8 Å². The minimum Gasteiger partial charge on any atom is -0.381 e. The first-order valence-corrected chi connectivity index (χ1v) is 10.8. The zero-order valence-electron chi connectivity index (χ0n) is 17.0. The summed E-state index contributed by atoms with van der Waals surface area (Å²) in [5, 5.41) is 9.65. The highest BCUT2D eigenvalue weighted by molar-refractivity contribution is 14.0. The molecule has 154 valence electrons. The Hall–Kier alpha value is -0.990. The topological polar surface area (TPSA) is 45.7 Å². The van der Waals surface area contributed by atoms with Crippen molar-refractivity contribution in [1.29, 1.82) is 0 Å². The van der Waals surface area contributed by atoms with E-state index in [-0.39, 0.29) is 34.8 Å². The van der Waals surface area contributed by atoms with Crippen molar-refractivity contribution >= 4 is 52.5 Å². The molecule has 0 spiro atoms. The summed E-state index contributed by atoms with van der Waals surface area (Å²) in [5.74, 6) is 1.99. The van der Waals surface area contributed by atoms with Gasteiger partial charge in [0.1, 0.15) is 0 Å². The fourth-order valence-corrected chi connectivity index (χ4v) is 4.87. The smallest absolute Gasteiger partial charge is 0.191 e. The predicted molar refractivity (Wildman–Crippen MR) is 133 cm³/mol. The normalized spacial score (nSPS) is 17.6. The molecule has 0 radical (unpaired) electrons. The Bertz CT molecular complexity index is 772. The highest BCUT2D eigenvalue weighted by atomic mass is 127. The molecule has 6 heteroatoms. The van der Waals surface area contributed by atoms with Crippen LogP contribution in [0.3, 0.4) is 0 Å². The van der Waals surface area contributed by atoms with E-state index in [0.717, 1.165) is 44.3 Å². The van der Waals surface area contributed by atoms with Crippen LogP contribution in [0.2, 0.25) is 0 Å². The van der Waals surface area contributed by atoms with Crippen molar-refractivity contribution in [2.75, 3.05) is 32.6 Å². The van der Waals surface area contributed by atoms with Gasteiger partial charge in [-0.2, -0.15) is 11.8 Å². The van der Waals surface area contributed by atoms with Crippen molar-refractivity contribution in [2.45, 2.75) is 37.5 Å². The number of hydrogen-bond acceptors (Lipinski definition) is 3. The summed E-state index contributed by atoms with van der Waals surface area (Å²) in [4.78, 5) is 4.45. The molecule has 2 N–H and O–H groups in total. The molecule has 0 aromatic heterocycles. The zero-order valence-corrected chi connectivity index (χ0v) is 20.2. The zero-order chi connectivity index (χ0) is 19.1. The number of halogens is 1. The van der Waals surface area contributed by atoms with Gasteiger partial charge in [-0.25, -0.2) is 0 Å². The maximum atomic E-state index is 5.57. The van der Waals surface area contributed by atoms with Crippen molar-refractivity contribution in [2.24, 2.45) is 4.99 Å². The van der Waals surface area contributed by atoms with Gasteiger partial charge in [0.05, 0.1) is 6.04 Å². The maximum Gasteiger partial charge on any atom is 0.191 e. The summed E-state index contributed by atoms with van der Waals surface area (Å²) in [6.45, 7) is 7.04. The molecule has 0 saturated carbocycles. The predicted octanol–water partition coefficient (Wildman–Crippen LogP) is 4.99. The number of thioether (sulfide) groups is 1. The molecule has 2 aromatic rings. The van der Waals surface area contributed by atoms with Crippen LogP contribution in [0.15, 0.2) is 47.5 Å². The molecule has 28 heavy (non-hydrogen) atoms. The largest absolute Gasteiger partial charge is 0.381 e. The molecule has 4 nitrogen and oxygen atoms in total. The van der Waals surface area contributed by atoms with Gasteiger partial charge in [-0.1, -0.05) is 43.3 Å². The van der Waals surface area contributed by atoms with Crippen molar-refractivity contribution in [3.8, 4) is 0 Å². The van der Waals surface area contributed by atoms with E-state index in [4.69, 9.17) is 4.74 Å². The van der Waals surface area contributed by atoms with Gasteiger partial charge in [0.15, 0.2) is 5.96 Å². The van der Waals surface area contributed by atoms with Gasteiger partial charge >= 0.3 is 0 Å². The van der Waals surface area contributed by atoms with Crippen LogP contribution in [0, 0.1) is 0 Å². The molecule has 1 atom stereocenters. The van der Waals surface area contributed by atoms with Crippen LogP contribution < -0.4 is 10.6 Å². The number of fused-ring (bicyclic) bond motifs is 1. The minimum absolute atomic E-state index is 0. The molecule has 1 unspecified atom stereocenters. The van der Waals surface area contributed by atoms with Gasteiger partial charge < -0.3 is 15.4 Å². The van der Waals surface area contributed by atoms with E-state index in [1.54, 1.807) is 0 Å². The molecular weight excluding hydrogens is 481 g/mol. The lowest BCUT2D eigenvalue weighted by molar-refractivity contribution is 0.0782. The van der Waals surface area contributed by atoms with Gasteiger partial charge in [0.25, 0.3) is 0 Å². The highest BCUT2D eigenvalue weighted by Crippen LogP contribution is 2.34. The van der Waals surface area contributed by atoms with E-state index in [2.05, 4.69) is 71.9 Å². The standard InChI is InChI=1S/C22H31N3OS.HI/c1-4-27-22(11-13-26-14-12-22)16-24-21(23-3)25-17(2)19-10-9-18-7-5-6-8-20(18)15-19;/h5-10,15,17H,4,11-14,16H2,1-3H3,(H2,23,24,25);1H. The van der Waals surface area contributed by atoms with E-state index in [1.165, 1.54) is 16.3 Å². The summed E-state index contributed by atoms with van der Waals surface area (Å²) in [6, 6.07) is 15.3. The number of aliphatic imine (C=N–C) groups is 1. The summed E-state index contributed by atoms with van der Waals surface area (Å²) in [6.07, 6.45) is 2.19. The second kappa shape index (κ2) is 11.3. The third-order valence-corrected chi connectivity index (χ3v) is 6.74. The molecule has 1 heterocycles. The van der Waals surface area contributed by atoms with E-state index in [9.17, 15) is 0 Å². The molecule has 3 rings (SSSR count). The molecule has 0 amide bonds. The van der Waals surface area contributed by atoms with Crippen molar-refractivity contribution in [1.82, 2.24) is 10.6 Å². The van der Waals surface area contributed by atoms with Crippen molar-refractivity contribution < 1.29 is 4.74 Å². The first kappa shape index (κ1) is 23.3. The van der Waals surface area contributed by atoms with Gasteiger partial charge in [0.2, 0.25) is 0 Å². The van der Waals surface area contributed by atoms with E-state index >= 15 is 0 Å². The summed E-state index contributed by atoms with van der Waals surface area (Å²) < 4.78 is 5.82. The maximum absolute atomic E-state index is 5.57. The van der Waals surface area contributed by atoms with Crippen LogP contribution in [-0.4, -0.2) is 43.3 Å². The van der Waals surface area contributed by atoms with Gasteiger partial charge in [-0.15, -0.1) is 24.0 Å². The van der Waals surface area contributed by atoms with Gasteiger partial charge in [-0.05, 0) is 47.9 Å². The number of nitrogens with zero attached hydrogens (tertiary/aromatic N) is 1. The lowest BCUT2D eigenvalue weighted by atomic mass is 9.99. The molecule has 1 fully saturated rings. The molecular formula is C22H32IN3OS. The molecule has 0 bridgehead atoms. The molecule has 1 saturated heterocycles. The Morgan fingerprint density at radius 3 is 2.57 bits per heavy atom. The Kier molecular flexibility index (Phi) is 9.37. The fraction of sp³-hybridized carbons (Fsp3) is 0.500. The Labute approximate surface area is 190 Å². The third-order valence-electron chi connectivity index (χ3n) is 5.28. The van der Waals surface area contributed by atoms with Crippen LogP contribution in [0.4, 0.5) is 0 Å². The molecule has 2 aromatic carbocycles. The Balaban J connectivity index is 0.00000280. The monoisotopic (exact) mass is 513 g/mol. The lowest BCUT2D eigenvalue weighted by Crippen LogP contribution is -2.48. The number of ether oxygens (including phenoxy) is 1.